The molecular formula is C14H10BrN5. The van der Waals surface area contributed by atoms with E-state index in [1.807, 2.05) is 36.4 Å². The maximum atomic E-state index is 5.78. The second kappa shape index (κ2) is 5.34. The van der Waals surface area contributed by atoms with Crippen molar-refractivity contribution in [1.29, 1.82) is 0 Å². The fraction of sp³-hybridized carbons (Fsp3) is 0. The van der Waals surface area contributed by atoms with E-state index in [1.54, 1.807) is 12.4 Å². The molecule has 0 spiro atoms. The molecule has 0 aliphatic heterocycles. The van der Waals surface area contributed by atoms with Gasteiger partial charge in [0.1, 0.15) is 0 Å². The summed E-state index contributed by atoms with van der Waals surface area (Å²) >= 11 is 3.38. The zero-order valence-electron chi connectivity index (χ0n) is 10.4. The predicted octanol–water partition coefficient (Wildman–Crippen LogP) is 2.95. The minimum atomic E-state index is 0.189. The van der Waals surface area contributed by atoms with E-state index in [0.717, 1.165) is 15.6 Å². The summed E-state index contributed by atoms with van der Waals surface area (Å²) in [4.78, 5) is 16.9. The second-order valence-electron chi connectivity index (χ2n) is 4.10. The molecule has 0 fully saturated rings. The SMILES string of the molecule is Nc1nc(-c2ccccc2)nc(-c2cncc(Br)c2)n1. The van der Waals surface area contributed by atoms with Crippen molar-refractivity contribution in [1.82, 2.24) is 19.9 Å². The van der Waals surface area contributed by atoms with Crippen LogP contribution < -0.4 is 5.73 Å². The molecule has 0 unspecified atom stereocenters. The number of hydrogen-bond donors (Lipinski definition) is 1. The molecular weight excluding hydrogens is 318 g/mol. The molecule has 2 heterocycles. The van der Waals surface area contributed by atoms with Gasteiger partial charge in [-0.2, -0.15) is 9.97 Å². The van der Waals surface area contributed by atoms with Crippen molar-refractivity contribution >= 4 is 21.9 Å². The van der Waals surface area contributed by atoms with Crippen LogP contribution in [0.5, 0.6) is 0 Å². The lowest BCUT2D eigenvalue weighted by atomic mass is 10.2. The van der Waals surface area contributed by atoms with Crippen LogP contribution in [0.25, 0.3) is 22.8 Å². The quantitative estimate of drug-likeness (QED) is 0.782. The average Bonchev–Trinajstić information content (AvgIpc) is 2.47. The summed E-state index contributed by atoms with van der Waals surface area (Å²) in [6, 6.07) is 11.5. The van der Waals surface area contributed by atoms with Gasteiger partial charge in [0.15, 0.2) is 11.6 Å². The Hall–Kier alpha value is -2.34. The van der Waals surface area contributed by atoms with Crippen molar-refractivity contribution in [2.24, 2.45) is 0 Å². The van der Waals surface area contributed by atoms with Crippen molar-refractivity contribution in [2.45, 2.75) is 0 Å². The maximum Gasteiger partial charge on any atom is 0.224 e. The molecule has 5 nitrogen and oxygen atoms in total. The van der Waals surface area contributed by atoms with Gasteiger partial charge >= 0.3 is 0 Å². The summed E-state index contributed by atoms with van der Waals surface area (Å²) in [5.41, 5.74) is 7.46. The van der Waals surface area contributed by atoms with Gasteiger partial charge in [-0.15, -0.1) is 0 Å². The Labute approximate surface area is 124 Å². The number of halogens is 1. The van der Waals surface area contributed by atoms with E-state index in [0.29, 0.717) is 11.6 Å². The molecule has 3 rings (SSSR count). The highest BCUT2D eigenvalue weighted by molar-refractivity contribution is 9.10. The Balaban J connectivity index is 2.12. The van der Waals surface area contributed by atoms with Crippen LogP contribution in [0.4, 0.5) is 5.95 Å². The van der Waals surface area contributed by atoms with Gasteiger partial charge in [-0.25, -0.2) is 4.98 Å². The van der Waals surface area contributed by atoms with E-state index in [1.165, 1.54) is 0 Å². The van der Waals surface area contributed by atoms with Gasteiger partial charge < -0.3 is 5.73 Å². The number of nitrogens with zero attached hydrogens (tertiary/aromatic N) is 4. The lowest BCUT2D eigenvalue weighted by Gasteiger charge is -2.05. The van der Waals surface area contributed by atoms with Crippen LogP contribution in [0, 0.1) is 0 Å². The van der Waals surface area contributed by atoms with Gasteiger partial charge in [0.25, 0.3) is 0 Å². The molecule has 0 saturated carbocycles. The first kappa shape index (κ1) is 12.7. The summed E-state index contributed by atoms with van der Waals surface area (Å²) in [5, 5.41) is 0. The molecule has 0 aliphatic rings. The Morgan fingerprint density at radius 2 is 1.55 bits per heavy atom. The zero-order valence-corrected chi connectivity index (χ0v) is 11.9. The van der Waals surface area contributed by atoms with Crippen molar-refractivity contribution in [3.8, 4) is 22.8 Å². The topological polar surface area (TPSA) is 77.6 Å². The standard InChI is InChI=1S/C14H10BrN5/c15-11-6-10(7-17-8-11)13-18-12(19-14(16)20-13)9-4-2-1-3-5-9/h1-8H,(H2,16,18,19,20). The lowest BCUT2D eigenvalue weighted by molar-refractivity contribution is 1.08. The van der Waals surface area contributed by atoms with Gasteiger partial charge in [0.2, 0.25) is 5.95 Å². The Kier molecular flexibility index (Phi) is 3.39. The third kappa shape index (κ3) is 2.65. The van der Waals surface area contributed by atoms with Crippen molar-refractivity contribution in [3.63, 3.8) is 0 Å². The van der Waals surface area contributed by atoms with Crippen molar-refractivity contribution < 1.29 is 0 Å². The van der Waals surface area contributed by atoms with Gasteiger partial charge in [-0.1, -0.05) is 30.3 Å². The Bertz CT molecular complexity index is 746. The van der Waals surface area contributed by atoms with Crippen LogP contribution in [0.15, 0.2) is 53.3 Å². The largest absolute Gasteiger partial charge is 0.368 e. The molecule has 20 heavy (non-hydrogen) atoms. The molecule has 98 valence electrons. The summed E-state index contributed by atoms with van der Waals surface area (Å²) in [6.07, 6.45) is 3.39. The van der Waals surface area contributed by atoms with Crippen LogP contribution in [0.2, 0.25) is 0 Å². The number of nitrogens with two attached hydrogens (primary N) is 1. The van der Waals surface area contributed by atoms with E-state index in [2.05, 4.69) is 35.9 Å². The lowest BCUT2D eigenvalue weighted by Crippen LogP contribution is -2.02. The normalized spacial score (nSPS) is 10.4. The van der Waals surface area contributed by atoms with E-state index < -0.39 is 0 Å². The van der Waals surface area contributed by atoms with E-state index in [9.17, 15) is 0 Å². The highest BCUT2D eigenvalue weighted by atomic mass is 79.9. The van der Waals surface area contributed by atoms with Crippen LogP contribution in [-0.2, 0) is 0 Å². The van der Waals surface area contributed by atoms with E-state index in [-0.39, 0.29) is 5.95 Å². The third-order valence-corrected chi connectivity index (χ3v) is 3.08. The number of nitrogen functional groups attached to an aromatic ring is 1. The molecule has 0 amide bonds. The highest BCUT2D eigenvalue weighted by Crippen LogP contribution is 2.22. The number of benzene rings is 1. The summed E-state index contributed by atoms with van der Waals surface area (Å²) in [5.74, 6) is 1.24. The summed E-state index contributed by atoms with van der Waals surface area (Å²) in [6.45, 7) is 0. The second-order valence-corrected chi connectivity index (χ2v) is 5.01. The van der Waals surface area contributed by atoms with Crippen LogP contribution in [0.3, 0.4) is 0 Å². The number of rotatable bonds is 2. The predicted molar refractivity (Wildman–Crippen MR) is 80.6 cm³/mol. The Morgan fingerprint density at radius 3 is 2.25 bits per heavy atom. The first-order chi connectivity index (χ1) is 9.72. The molecule has 2 aromatic heterocycles. The van der Waals surface area contributed by atoms with Crippen LogP contribution in [0.1, 0.15) is 0 Å². The fourth-order valence-corrected chi connectivity index (χ4v) is 2.14. The first-order valence-corrected chi connectivity index (χ1v) is 6.69. The average molecular weight is 328 g/mol. The molecule has 0 aliphatic carbocycles. The molecule has 0 saturated heterocycles. The molecule has 0 bridgehead atoms. The summed E-state index contributed by atoms with van der Waals surface area (Å²) in [7, 11) is 0. The van der Waals surface area contributed by atoms with Crippen molar-refractivity contribution in [3.05, 3.63) is 53.3 Å². The highest BCUT2D eigenvalue weighted by Gasteiger charge is 2.09. The van der Waals surface area contributed by atoms with Crippen LogP contribution in [-0.4, -0.2) is 19.9 Å². The molecule has 2 N–H and O–H groups in total. The van der Waals surface area contributed by atoms with E-state index in [4.69, 9.17) is 5.73 Å². The summed E-state index contributed by atoms with van der Waals surface area (Å²) < 4.78 is 0.857. The molecule has 1 aromatic carbocycles. The van der Waals surface area contributed by atoms with Gasteiger partial charge in [0.05, 0.1) is 0 Å². The van der Waals surface area contributed by atoms with Crippen molar-refractivity contribution in [2.75, 3.05) is 5.73 Å². The number of hydrogen-bond acceptors (Lipinski definition) is 5. The van der Waals surface area contributed by atoms with Gasteiger partial charge in [-0.3, -0.25) is 4.98 Å². The smallest absolute Gasteiger partial charge is 0.224 e. The Morgan fingerprint density at radius 1 is 0.850 bits per heavy atom. The molecule has 0 radical (unpaired) electrons. The zero-order chi connectivity index (χ0) is 13.9. The number of aromatic nitrogens is 4. The maximum absolute atomic E-state index is 5.78. The minimum Gasteiger partial charge on any atom is -0.368 e. The van der Waals surface area contributed by atoms with Gasteiger partial charge in [-0.05, 0) is 22.0 Å². The van der Waals surface area contributed by atoms with E-state index >= 15 is 0 Å². The number of anilines is 1. The third-order valence-electron chi connectivity index (χ3n) is 2.65. The monoisotopic (exact) mass is 327 g/mol. The minimum absolute atomic E-state index is 0.189. The molecule has 3 aromatic rings. The molecule has 6 heteroatoms. The number of pyridine rings is 1. The molecule has 0 atom stereocenters. The van der Waals surface area contributed by atoms with Gasteiger partial charge in [0, 0.05) is 28.0 Å². The van der Waals surface area contributed by atoms with Crippen LogP contribution >= 0.6 is 15.9 Å². The first-order valence-electron chi connectivity index (χ1n) is 5.90. The fourth-order valence-electron chi connectivity index (χ4n) is 1.77.